The maximum Gasteiger partial charge on any atom is 0.420 e. The number of nitrogen functional groups attached to an aromatic ring is 2. The van der Waals surface area contributed by atoms with Crippen LogP contribution in [0.2, 0.25) is 0 Å². The van der Waals surface area contributed by atoms with Crippen molar-refractivity contribution in [2.24, 2.45) is 0 Å². The fourth-order valence-electron chi connectivity index (χ4n) is 2.08. The van der Waals surface area contributed by atoms with Gasteiger partial charge in [0.25, 0.3) is 0 Å². The molecular weight excluding hydrogens is 342 g/mol. The zero-order valence-corrected chi connectivity index (χ0v) is 11.6. The zero-order valence-electron chi connectivity index (χ0n) is 11.6. The number of phenols is 2. The molecular formula is C14H10F6N2O2. The van der Waals surface area contributed by atoms with Crippen LogP contribution in [0.3, 0.4) is 0 Å². The molecule has 2 rings (SSSR count). The summed E-state index contributed by atoms with van der Waals surface area (Å²) in [5, 5.41) is 18.8. The van der Waals surface area contributed by atoms with Gasteiger partial charge in [-0.1, -0.05) is 0 Å². The Morgan fingerprint density at radius 3 is 1.17 bits per heavy atom. The summed E-state index contributed by atoms with van der Waals surface area (Å²) in [5.41, 5.74) is 5.55. The molecule has 0 heterocycles. The van der Waals surface area contributed by atoms with Crippen LogP contribution in [0.15, 0.2) is 24.3 Å². The largest absolute Gasteiger partial charge is 0.505 e. The Kier molecular flexibility index (Phi) is 3.95. The van der Waals surface area contributed by atoms with Gasteiger partial charge in [-0.2, -0.15) is 26.3 Å². The van der Waals surface area contributed by atoms with Gasteiger partial charge in [0, 0.05) is 0 Å². The van der Waals surface area contributed by atoms with Crippen LogP contribution in [-0.2, 0) is 12.4 Å². The summed E-state index contributed by atoms with van der Waals surface area (Å²) in [7, 11) is 0. The molecule has 0 spiro atoms. The molecule has 4 nitrogen and oxygen atoms in total. The predicted octanol–water partition coefficient (Wildman–Crippen LogP) is 3.97. The van der Waals surface area contributed by atoms with Crippen molar-refractivity contribution in [1.29, 1.82) is 0 Å². The third-order valence-corrected chi connectivity index (χ3v) is 3.22. The summed E-state index contributed by atoms with van der Waals surface area (Å²) in [5.74, 6) is -2.46. The predicted molar refractivity (Wildman–Crippen MR) is 74.0 cm³/mol. The van der Waals surface area contributed by atoms with Gasteiger partial charge in [0.15, 0.2) is 11.5 Å². The van der Waals surface area contributed by atoms with Crippen LogP contribution in [0.5, 0.6) is 11.5 Å². The number of rotatable bonds is 1. The Bertz CT molecular complexity index is 732. The molecule has 0 amide bonds. The Morgan fingerprint density at radius 2 is 0.917 bits per heavy atom. The van der Waals surface area contributed by atoms with Crippen molar-refractivity contribution in [3.05, 3.63) is 35.4 Å². The second-order valence-corrected chi connectivity index (χ2v) is 4.92. The maximum absolute atomic E-state index is 12.9. The van der Waals surface area contributed by atoms with Crippen molar-refractivity contribution in [3.8, 4) is 22.6 Å². The third kappa shape index (κ3) is 3.12. The number of aromatic hydroxyl groups is 2. The van der Waals surface area contributed by atoms with Gasteiger partial charge in [-0.05, 0) is 35.4 Å². The van der Waals surface area contributed by atoms with Gasteiger partial charge in [0.2, 0.25) is 0 Å². The molecule has 0 saturated heterocycles. The van der Waals surface area contributed by atoms with Crippen LogP contribution < -0.4 is 11.5 Å². The minimum Gasteiger partial charge on any atom is -0.505 e. The molecule has 2 aromatic rings. The molecule has 24 heavy (non-hydrogen) atoms. The fourth-order valence-corrected chi connectivity index (χ4v) is 2.08. The van der Waals surface area contributed by atoms with Gasteiger partial charge >= 0.3 is 12.4 Å². The number of benzene rings is 2. The Labute approximate surface area is 130 Å². The lowest BCUT2D eigenvalue weighted by molar-refractivity contribution is -0.139. The van der Waals surface area contributed by atoms with E-state index < -0.39 is 46.4 Å². The molecule has 130 valence electrons. The van der Waals surface area contributed by atoms with E-state index in [0.29, 0.717) is 12.1 Å². The molecule has 0 aliphatic carbocycles. The molecule has 0 aliphatic heterocycles. The van der Waals surface area contributed by atoms with E-state index in [9.17, 15) is 36.6 Å². The molecule has 0 bridgehead atoms. The van der Waals surface area contributed by atoms with E-state index in [1.54, 1.807) is 0 Å². The summed E-state index contributed by atoms with van der Waals surface area (Å²) >= 11 is 0. The van der Waals surface area contributed by atoms with Gasteiger partial charge in [-0.25, -0.2) is 0 Å². The van der Waals surface area contributed by atoms with Crippen molar-refractivity contribution >= 4 is 11.4 Å². The van der Waals surface area contributed by atoms with E-state index in [-0.39, 0.29) is 11.1 Å². The van der Waals surface area contributed by atoms with Crippen LogP contribution in [0, 0.1) is 0 Å². The van der Waals surface area contributed by atoms with Crippen LogP contribution in [0.4, 0.5) is 37.7 Å². The monoisotopic (exact) mass is 352 g/mol. The normalized spacial score (nSPS) is 12.4. The topological polar surface area (TPSA) is 92.5 Å². The summed E-state index contributed by atoms with van der Waals surface area (Å²) in [6.45, 7) is 0. The number of phenolic OH excluding ortho intramolecular Hbond substituents is 2. The molecule has 0 fully saturated rings. The molecule has 2 aromatic carbocycles. The second kappa shape index (κ2) is 5.39. The highest BCUT2D eigenvalue weighted by Gasteiger charge is 2.37. The number of hydrogen-bond acceptors (Lipinski definition) is 4. The van der Waals surface area contributed by atoms with Crippen LogP contribution in [0.1, 0.15) is 11.1 Å². The lowest BCUT2D eigenvalue weighted by Gasteiger charge is -2.16. The number of nitrogens with two attached hydrogens (primary N) is 2. The van der Waals surface area contributed by atoms with Crippen molar-refractivity contribution < 1.29 is 36.6 Å². The van der Waals surface area contributed by atoms with Crippen molar-refractivity contribution in [1.82, 2.24) is 0 Å². The van der Waals surface area contributed by atoms with Crippen LogP contribution in [0.25, 0.3) is 11.1 Å². The standard InChI is InChI=1S/C14H10F6N2O2/c15-13(16,17)7-1-5(3-9(21)11(7)23)6-2-8(14(18,19)20)12(24)10(22)4-6/h1-4,23-24H,21-22H2. The molecule has 0 aromatic heterocycles. The summed E-state index contributed by atoms with van der Waals surface area (Å²) < 4.78 is 77.3. The molecule has 6 N–H and O–H groups in total. The fraction of sp³-hybridized carbons (Fsp3) is 0.143. The minimum atomic E-state index is -4.97. The van der Waals surface area contributed by atoms with Gasteiger partial charge in [0.05, 0.1) is 22.5 Å². The molecule has 0 unspecified atom stereocenters. The highest BCUT2D eigenvalue weighted by Crippen LogP contribution is 2.45. The molecule has 0 radical (unpaired) electrons. The second-order valence-electron chi connectivity index (χ2n) is 4.92. The van der Waals surface area contributed by atoms with Gasteiger partial charge in [-0.3, -0.25) is 0 Å². The average Bonchev–Trinajstić information content (AvgIpc) is 2.41. The van der Waals surface area contributed by atoms with E-state index in [0.717, 1.165) is 12.1 Å². The summed E-state index contributed by atoms with van der Waals surface area (Å²) in [6.07, 6.45) is -9.94. The number of halogens is 6. The lowest BCUT2D eigenvalue weighted by Crippen LogP contribution is -2.08. The quantitative estimate of drug-likeness (QED) is 0.355. The van der Waals surface area contributed by atoms with Crippen molar-refractivity contribution in [2.75, 3.05) is 11.5 Å². The van der Waals surface area contributed by atoms with Crippen LogP contribution >= 0.6 is 0 Å². The average molecular weight is 352 g/mol. The molecule has 10 heteroatoms. The summed E-state index contributed by atoms with van der Waals surface area (Å²) in [6, 6.07) is 2.63. The summed E-state index contributed by atoms with van der Waals surface area (Å²) in [4.78, 5) is 0. The van der Waals surface area contributed by atoms with Crippen LogP contribution in [-0.4, -0.2) is 10.2 Å². The first kappa shape index (κ1) is 17.6. The smallest absolute Gasteiger partial charge is 0.420 e. The number of anilines is 2. The molecule has 0 aliphatic rings. The Balaban J connectivity index is 2.74. The minimum absolute atomic E-state index is 0.352. The Hall–Kier alpha value is -2.78. The van der Waals surface area contributed by atoms with E-state index in [2.05, 4.69) is 0 Å². The van der Waals surface area contributed by atoms with E-state index in [4.69, 9.17) is 11.5 Å². The third-order valence-electron chi connectivity index (χ3n) is 3.22. The van der Waals surface area contributed by atoms with E-state index >= 15 is 0 Å². The Morgan fingerprint density at radius 1 is 0.625 bits per heavy atom. The maximum atomic E-state index is 12.9. The van der Waals surface area contributed by atoms with Gasteiger partial charge < -0.3 is 21.7 Å². The van der Waals surface area contributed by atoms with Gasteiger partial charge in [0.1, 0.15) is 0 Å². The van der Waals surface area contributed by atoms with Crippen molar-refractivity contribution in [2.45, 2.75) is 12.4 Å². The molecule has 0 atom stereocenters. The first-order chi connectivity index (χ1) is 10.8. The first-order valence-electron chi connectivity index (χ1n) is 6.22. The highest BCUT2D eigenvalue weighted by molar-refractivity contribution is 5.77. The van der Waals surface area contributed by atoms with Gasteiger partial charge in [-0.15, -0.1) is 0 Å². The molecule has 0 saturated carbocycles. The highest BCUT2D eigenvalue weighted by atomic mass is 19.4. The SMILES string of the molecule is Nc1cc(-c2cc(N)c(O)c(C(F)(F)F)c2)cc(C(F)(F)F)c1O. The van der Waals surface area contributed by atoms with Crippen molar-refractivity contribution in [3.63, 3.8) is 0 Å². The first-order valence-corrected chi connectivity index (χ1v) is 6.22. The lowest BCUT2D eigenvalue weighted by atomic mass is 9.97. The zero-order chi connectivity index (χ0) is 18.4. The van der Waals surface area contributed by atoms with E-state index in [1.165, 1.54) is 0 Å². The van der Waals surface area contributed by atoms with E-state index in [1.807, 2.05) is 0 Å². The number of alkyl halides is 6. The number of hydrogen-bond donors (Lipinski definition) is 4.